The molecule has 1 aromatic rings. The van der Waals surface area contributed by atoms with Gasteiger partial charge in [0.2, 0.25) is 0 Å². The van der Waals surface area contributed by atoms with Crippen LogP contribution in [0.25, 0.3) is 0 Å². The van der Waals surface area contributed by atoms with E-state index in [0.717, 1.165) is 24.9 Å². The standard InChI is InChI=1S/C15H21N3O3/c1-3-17(10-12-5-4-8-16-12)15(19)13-9-11(2)6-7-14(13)18(20)21/h6-7,9,12,16H,3-5,8,10H2,1-2H3. The van der Waals surface area contributed by atoms with Crippen molar-refractivity contribution in [2.75, 3.05) is 19.6 Å². The summed E-state index contributed by atoms with van der Waals surface area (Å²) < 4.78 is 0. The molecule has 6 nitrogen and oxygen atoms in total. The quantitative estimate of drug-likeness (QED) is 0.666. The van der Waals surface area contributed by atoms with Gasteiger partial charge < -0.3 is 10.2 Å². The number of nitro benzene ring substituents is 1. The van der Waals surface area contributed by atoms with Crippen LogP contribution in [0, 0.1) is 17.0 Å². The third-order valence-corrected chi connectivity index (χ3v) is 3.85. The van der Waals surface area contributed by atoms with E-state index in [0.29, 0.717) is 13.1 Å². The maximum absolute atomic E-state index is 12.6. The Labute approximate surface area is 124 Å². The largest absolute Gasteiger partial charge is 0.337 e. The molecule has 0 aromatic heterocycles. The van der Waals surface area contributed by atoms with Gasteiger partial charge in [0.05, 0.1) is 4.92 Å². The molecule has 0 radical (unpaired) electrons. The van der Waals surface area contributed by atoms with E-state index in [4.69, 9.17) is 0 Å². The van der Waals surface area contributed by atoms with Crippen molar-refractivity contribution in [3.05, 3.63) is 39.4 Å². The Bertz CT molecular complexity index is 539. The lowest BCUT2D eigenvalue weighted by Gasteiger charge is -2.24. The van der Waals surface area contributed by atoms with Gasteiger partial charge in [0.25, 0.3) is 11.6 Å². The summed E-state index contributed by atoms with van der Waals surface area (Å²) in [7, 11) is 0. The minimum absolute atomic E-state index is 0.122. The second-order valence-corrected chi connectivity index (χ2v) is 5.41. The number of aryl methyl sites for hydroxylation is 1. The van der Waals surface area contributed by atoms with Gasteiger partial charge in [0, 0.05) is 25.2 Å². The summed E-state index contributed by atoms with van der Waals surface area (Å²) in [5.74, 6) is -0.262. The van der Waals surface area contributed by atoms with Crippen molar-refractivity contribution in [2.24, 2.45) is 0 Å². The van der Waals surface area contributed by atoms with Gasteiger partial charge in [-0.05, 0) is 44.9 Å². The Hall–Kier alpha value is -1.95. The van der Waals surface area contributed by atoms with Crippen LogP contribution in [0.4, 0.5) is 5.69 Å². The number of benzene rings is 1. The Balaban J connectivity index is 2.23. The van der Waals surface area contributed by atoms with Gasteiger partial charge in [0.15, 0.2) is 0 Å². The lowest BCUT2D eigenvalue weighted by molar-refractivity contribution is -0.385. The first-order valence-corrected chi connectivity index (χ1v) is 7.30. The lowest BCUT2D eigenvalue weighted by Crippen LogP contribution is -2.41. The molecule has 21 heavy (non-hydrogen) atoms. The minimum atomic E-state index is -0.492. The zero-order chi connectivity index (χ0) is 15.4. The van der Waals surface area contributed by atoms with Crippen LogP contribution in [-0.2, 0) is 0 Å². The zero-order valence-corrected chi connectivity index (χ0v) is 12.5. The van der Waals surface area contributed by atoms with Gasteiger partial charge in [-0.1, -0.05) is 6.07 Å². The second kappa shape index (κ2) is 6.67. The summed E-state index contributed by atoms with van der Waals surface area (Å²) in [5.41, 5.74) is 0.905. The van der Waals surface area contributed by atoms with Crippen LogP contribution in [0.1, 0.15) is 35.7 Å². The molecule has 0 spiro atoms. The first-order valence-electron chi connectivity index (χ1n) is 7.30. The summed E-state index contributed by atoms with van der Waals surface area (Å²) in [4.78, 5) is 24.9. The Kier molecular flexibility index (Phi) is 4.90. The van der Waals surface area contributed by atoms with E-state index in [9.17, 15) is 14.9 Å². The second-order valence-electron chi connectivity index (χ2n) is 5.41. The highest BCUT2D eigenvalue weighted by atomic mass is 16.6. The lowest BCUT2D eigenvalue weighted by atomic mass is 10.1. The average Bonchev–Trinajstić information content (AvgIpc) is 2.96. The van der Waals surface area contributed by atoms with E-state index in [1.807, 2.05) is 13.8 Å². The number of nitrogens with zero attached hydrogens (tertiary/aromatic N) is 2. The Morgan fingerprint density at radius 2 is 2.29 bits per heavy atom. The van der Waals surface area contributed by atoms with E-state index >= 15 is 0 Å². The van der Waals surface area contributed by atoms with Crippen LogP contribution in [0.5, 0.6) is 0 Å². The topological polar surface area (TPSA) is 75.5 Å². The molecular formula is C15H21N3O3. The third kappa shape index (κ3) is 3.58. The molecule has 1 fully saturated rings. The zero-order valence-electron chi connectivity index (χ0n) is 12.5. The summed E-state index contributed by atoms with van der Waals surface area (Å²) >= 11 is 0. The summed E-state index contributed by atoms with van der Waals surface area (Å²) in [6.07, 6.45) is 2.15. The molecule has 1 aliphatic rings. The molecule has 2 rings (SSSR count). The van der Waals surface area contributed by atoms with Crippen LogP contribution in [0.3, 0.4) is 0 Å². The fourth-order valence-corrected chi connectivity index (χ4v) is 2.68. The number of hydrogen-bond acceptors (Lipinski definition) is 4. The van der Waals surface area contributed by atoms with Gasteiger partial charge in [-0.25, -0.2) is 0 Å². The highest BCUT2D eigenvalue weighted by Gasteiger charge is 2.26. The average molecular weight is 291 g/mol. The molecule has 1 aliphatic heterocycles. The van der Waals surface area contributed by atoms with Crippen molar-refractivity contribution in [2.45, 2.75) is 32.7 Å². The van der Waals surface area contributed by atoms with Gasteiger partial charge in [-0.15, -0.1) is 0 Å². The highest BCUT2D eigenvalue weighted by molar-refractivity contribution is 5.98. The molecule has 1 amide bonds. The molecule has 1 saturated heterocycles. The molecule has 1 N–H and O–H groups in total. The van der Waals surface area contributed by atoms with E-state index in [-0.39, 0.29) is 23.2 Å². The van der Waals surface area contributed by atoms with Crippen molar-refractivity contribution in [1.82, 2.24) is 10.2 Å². The molecule has 1 aromatic carbocycles. The predicted octanol–water partition coefficient (Wildman–Crippen LogP) is 2.12. The maximum Gasteiger partial charge on any atom is 0.282 e. The first-order chi connectivity index (χ1) is 10.0. The fourth-order valence-electron chi connectivity index (χ4n) is 2.68. The summed E-state index contributed by atoms with van der Waals surface area (Å²) in [5, 5.41) is 14.5. The summed E-state index contributed by atoms with van der Waals surface area (Å²) in [6.45, 7) is 5.84. The van der Waals surface area contributed by atoms with Gasteiger partial charge in [-0.2, -0.15) is 0 Å². The molecule has 1 atom stereocenters. The first kappa shape index (κ1) is 15.4. The fraction of sp³-hybridized carbons (Fsp3) is 0.533. The number of likely N-dealkylation sites (N-methyl/N-ethyl adjacent to an activating group) is 1. The third-order valence-electron chi connectivity index (χ3n) is 3.85. The number of nitro groups is 1. The maximum atomic E-state index is 12.6. The van der Waals surface area contributed by atoms with Crippen LogP contribution >= 0.6 is 0 Å². The molecule has 1 unspecified atom stereocenters. The van der Waals surface area contributed by atoms with Gasteiger partial charge in [-0.3, -0.25) is 14.9 Å². The number of nitrogens with one attached hydrogen (secondary N) is 1. The molecule has 0 aliphatic carbocycles. The van der Waals surface area contributed by atoms with E-state index in [2.05, 4.69) is 5.32 Å². The smallest absolute Gasteiger partial charge is 0.282 e. The number of carbonyl (C=O) groups excluding carboxylic acids is 1. The molecular weight excluding hydrogens is 270 g/mol. The monoisotopic (exact) mass is 291 g/mol. The Morgan fingerprint density at radius 3 is 2.86 bits per heavy atom. The molecule has 0 bridgehead atoms. The van der Waals surface area contributed by atoms with Crippen molar-refractivity contribution in [1.29, 1.82) is 0 Å². The van der Waals surface area contributed by atoms with Crippen molar-refractivity contribution < 1.29 is 9.72 Å². The van der Waals surface area contributed by atoms with Crippen LogP contribution in [0.15, 0.2) is 18.2 Å². The molecule has 6 heteroatoms. The normalized spacial score (nSPS) is 17.7. The minimum Gasteiger partial charge on any atom is -0.337 e. The summed E-state index contributed by atoms with van der Waals surface area (Å²) in [6, 6.07) is 4.96. The van der Waals surface area contributed by atoms with Crippen LogP contribution in [-0.4, -0.2) is 41.4 Å². The molecule has 0 saturated carbocycles. The highest BCUT2D eigenvalue weighted by Crippen LogP contribution is 2.22. The molecule has 114 valence electrons. The van der Waals surface area contributed by atoms with Crippen LogP contribution < -0.4 is 5.32 Å². The van der Waals surface area contributed by atoms with E-state index in [1.165, 1.54) is 6.07 Å². The van der Waals surface area contributed by atoms with E-state index in [1.54, 1.807) is 17.0 Å². The van der Waals surface area contributed by atoms with Crippen molar-refractivity contribution >= 4 is 11.6 Å². The predicted molar refractivity (Wildman–Crippen MR) is 80.4 cm³/mol. The van der Waals surface area contributed by atoms with Crippen molar-refractivity contribution in [3.8, 4) is 0 Å². The van der Waals surface area contributed by atoms with E-state index < -0.39 is 4.92 Å². The number of carbonyl (C=O) groups is 1. The van der Waals surface area contributed by atoms with Crippen LogP contribution in [0.2, 0.25) is 0 Å². The van der Waals surface area contributed by atoms with Gasteiger partial charge >= 0.3 is 0 Å². The van der Waals surface area contributed by atoms with Crippen molar-refractivity contribution in [3.63, 3.8) is 0 Å². The Morgan fingerprint density at radius 1 is 1.52 bits per heavy atom. The number of hydrogen-bond donors (Lipinski definition) is 1. The van der Waals surface area contributed by atoms with Gasteiger partial charge in [0.1, 0.15) is 5.56 Å². The number of rotatable bonds is 5. The SMILES string of the molecule is CCN(CC1CCCN1)C(=O)c1cc(C)ccc1[N+](=O)[O-]. The number of amides is 1. The molecule has 1 heterocycles.